The highest BCUT2D eigenvalue weighted by molar-refractivity contribution is 7.99. The summed E-state index contributed by atoms with van der Waals surface area (Å²) < 4.78 is 62.5. The van der Waals surface area contributed by atoms with Crippen LogP contribution in [0.2, 0.25) is 0 Å². The van der Waals surface area contributed by atoms with Gasteiger partial charge in [-0.05, 0) is 30.8 Å². The molecule has 0 unspecified atom stereocenters. The van der Waals surface area contributed by atoms with Gasteiger partial charge in [-0.1, -0.05) is 0 Å². The topological polar surface area (TPSA) is 233 Å². The number of ether oxygens (including phenoxy) is 11. The van der Waals surface area contributed by atoms with E-state index in [1.165, 1.54) is 11.8 Å². The summed E-state index contributed by atoms with van der Waals surface area (Å²) in [6.07, 6.45) is -12.3. The molecular weight excluding hydrogens is 762 g/mol. The average molecular weight is 810 g/mol. The molecule has 2 aliphatic rings. The number of rotatable bonds is 20. The van der Waals surface area contributed by atoms with E-state index in [1.54, 1.807) is 0 Å². The lowest BCUT2D eigenvalue weighted by molar-refractivity contribution is -0.341. The van der Waals surface area contributed by atoms with Crippen LogP contribution in [0, 0.1) is 0 Å². The Morgan fingerprint density at radius 1 is 0.593 bits per heavy atom. The molecule has 0 aromatic rings. The Morgan fingerprint density at radius 2 is 1.06 bits per heavy atom. The number of esters is 7. The van der Waals surface area contributed by atoms with Crippen molar-refractivity contribution in [2.24, 2.45) is 4.99 Å². The second-order valence-corrected chi connectivity index (χ2v) is 13.2. The lowest BCUT2D eigenvalue weighted by Crippen LogP contribution is -2.66. The molecule has 0 N–H and O–H groups in total. The smallest absolute Gasteiger partial charge is 0.303 e. The van der Waals surface area contributed by atoms with Gasteiger partial charge in [-0.25, -0.2) is 4.99 Å². The van der Waals surface area contributed by atoms with Gasteiger partial charge in [0.05, 0.1) is 11.7 Å². The van der Waals surface area contributed by atoms with Crippen molar-refractivity contribution in [3.8, 4) is 0 Å². The van der Waals surface area contributed by atoms with E-state index in [-0.39, 0.29) is 0 Å². The van der Waals surface area contributed by atoms with Crippen molar-refractivity contribution in [1.29, 1.82) is 0 Å². The van der Waals surface area contributed by atoms with E-state index < -0.39 is 116 Å². The van der Waals surface area contributed by atoms with Gasteiger partial charge in [-0.2, -0.15) is 0 Å². The molecule has 0 bridgehead atoms. The van der Waals surface area contributed by atoms with E-state index in [4.69, 9.17) is 52.1 Å². The first kappa shape index (κ1) is 46.4. The van der Waals surface area contributed by atoms with E-state index >= 15 is 0 Å². The molecule has 0 aromatic carbocycles. The largest absolute Gasteiger partial charge is 0.463 e. The molecule has 0 radical (unpaired) electrons. The van der Waals surface area contributed by atoms with Gasteiger partial charge < -0.3 is 52.1 Å². The number of carbonyl (C=O) groups excluding carboxylic acids is 7. The summed E-state index contributed by atoms with van der Waals surface area (Å²) in [5, 5.41) is 2.28. The third kappa shape index (κ3) is 16.3. The third-order valence-corrected chi connectivity index (χ3v) is 8.59. The second-order valence-electron chi connectivity index (χ2n) is 11.8. The molecule has 2 aliphatic heterocycles. The maximum Gasteiger partial charge on any atom is 0.303 e. The van der Waals surface area contributed by atoms with Crippen LogP contribution < -0.4 is 0 Å². The molecule has 2 heterocycles. The lowest BCUT2D eigenvalue weighted by Gasteiger charge is -2.48. The van der Waals surface area contributed by atoms with Crippen molar-refractivity contribution in [2.45, 2.75) is 122 Å². The number of nitrogens with zero attached hydrogens (tertiary/aromatic N) is 1. The molecule has 2 fully saturated rings. The molecule has 19 nitrogen and oxygen atoms in total. The molecule has 0 spiro atoms. The van der Waals surface area contributed by atoms with Gasteiger partial charge >= 0.3 is 41.8 Å². The standard InChI is InChI=1S/C33H47NO18S2/c1-17(35)43-14-24-26(45-19(3)37)28(46-20(4)38)30(48-22(6)40)32(50-24)52-27-25(15-44-18(2)36)51-33(31(49-23(7)41)29(27)47-21(5)39)54-13-9-12-42-11-8-10-34-16-53/h24-33H,8-15H2,1-7H3/t24-,25-,26+,27-,28+,29+,30-,31-,32+,33+/m1/s1. The number of carbonyl (C=O) groups is 7. The Bertz CT molecular complexity index is 1360. The molecule has 0 aromatic heterocycles. The zero-order valence-corrected chi connectivity index (χ0v) is 32.7. The normalized spacial score (nSPS) is 27.6. The number of aliphatic imine (C=N–C) groups is 1. The van der Waals surface area contributed by atoms with Crippen LogP contribution in [0.15, 0.2) is 4.99 Å². The molecule has 0 aliphatic carbocycles. The minimum Gasteiger partial charge on any atom is -0.463 e. The third-order valence-electron chi connectivity index (χ3n) is 7.22. The minimum absolute atomic E-state index is 0.373. The van der Waals surface area contributed by atoms with Gasteiger partial charge in [0.25, 0.3) is 0 Å². The van der Waals surface area contributed by atoms with Crippen LogP contribution in [0.3, 0.4) is 0 Å². The van der Waals surface area contributed by atoms with E-state index in [1.807, 2.05) is 0 Å². The summed E-state index contributed by atoms with van der Waals surface area (Å²) in [4.78, 5) is 89.5. The monoisotopic (exact) mass is 809 g/mol. The number of isothiocyanates is 1. The molecule has 2 saturated heterocycles. The van der Waals surface area contributed by atoms with Crippen LogP contribution in [-0.2, 0) is 85.7 Å². The Labute approximate surface area is 321 Å². The molecule has 21 heteroatoms. The fourth-order valence-electron chi connectivity index (χ4n) is 5.36. The molecule has 2 rings (SSSR count). The van der Waals surface area contributed by atoms with Gasteiger partial charge in [0, 0.05) is 61.7 Å². The Hall–Kier alpha value is -3.72. The van der Waals surface area contributed by atoms with Crippen molar-refractivity contribution in [1.82, 2.24) is 0 Å². The summed E-state index contributed by atoms with van der Waals surface area (Å²) in [7, 11) is 0. The number of hydrogen-bond acceptors (Lipinski definition) is 21. The summed E-state index contributed by atoms with van der Waals surface area (Å²) in [5.74, 6) is -5.24. The highest BCUT2D eigenvalue weighted by Crippen LogP contribution is 2.38. The predicted octanol–water partition coefficient (Wildman–Crippen LogP) is 1.24. The van der Waals surface area contributed by atoms with Crippen molar-refractivity contribution in [3.05, 3.63) is 0 Å². The van der Waals surface area contributed by atoms with E-state index in [0.29, 0.717) is 38.4 Å². The zero-order chi connectivity index (χ0) is 40.4. The number of thioether (sulfide) groups is 1. The maximum atomic E-state index is 12.6. The molecule has 0 saturated carbocycles. The number of hydrogen-bond donors (Lipinski definition) is 0. The van der Waals surface area contributed by atoms with Gasteiger partial charge in [-0.15, -0.1) is 11.8 Å². The Balaban J connectivity index is 2.57. The van der Waals surface area contributed by atoms with Crippen LogP contribution in [0.4, 0.5) is 0 Å². The van der Waals surface area contributed by atoms with E-state index in [9.17, 15) is 33.6 Å². The van der Waals surface area contributed by atoms with Gasteiger partial charge in [0.15, 0.2) is 36.8 Å². The minimum atomic E-state index is -1.76. The van der Waals surface area contributed by atoms with Crippen LogP contribution >= 0.6 is 24.0 Å². The lowest BCUT2D eigenvalue weighted by atomic mass is 9.96. The Kier molecular flexibility index (Phi) is 20.6. The predicted molar refractivity (Wildman–Crippen MR) is 186 cm³/mol. The Morgan fingerprint density at radius 3 is 1.57 bits per heavy atom. The second kappa shape index (κ2) is 23.9. The van der Waals surface area contributed by atoms with E-state index in [2.05, 4.69) is 22.4 Å². The summed E-state index contributed by atoms with van der Waals surface area (Å²) in [6, 6.07) is 0. The average Bonchev–Trinajstić information content (AvgIpc) is 3.06. The first-order valence-electron chi connectivity index (χ1n) is 16.9. The molecular formula is C33H47NO18S2. The summed E-state index contributed by atoms with van der Waals surface area (Å²) >= 11 is 5.75. The van der Waals surface area contributed by atoms with Crippen LogP contribution in [0.1, 0.15) is 61.3 Å². The zero-order valence-electron chi connectivity index (χ0n) is 31.0. The molecule has 10 atom stereocenters. The van der Waals surface area contributed by atoms with Crippen LogP contribution in [-0.4, -0.2) is 146 Å². The maximum absolute atomic E-state index is 12.6. The number of thiocarbonyl (C=S) groups is 1. The van der Waals surface area contributed by atoms with Crippen LogP contribution in [0.5, 0.6) is 0 Å². The summed E-state index contributed by atoms with van der Waals surface area (Å²) in [5.41, 5.74) is -1.01. The molecule has 54 heavy (non-hydrogen) atoms. The van der Waals surface area contributed by atoms with Crippen LogP contribution in [0.25, 0.3) is 0 Å². The molecule has 304 valence electrons. The van der Waals surface area contributed by atoms with Crippen molar-refractivity contribution in [2.75, 3.05) is 38.7 Å². The van der Waals surface area contributed by atoms with Crippen molar-refractivity contribution < 1.29 is 85.7 Å². The molecule has 0 amide bonds. The highest BCUT2D eigenvalue weighted by Gasteiger charge is 2.57. The fraction of sp³-hybridized carbons (Fsp3) is 0.758. The SMILES string of the molecule is CC(=O)OC[C@H]1O[C@@H](O[C@H]2[C@H](OC(C)=O)[C@@H](OC(C)=O)[C@H](SCCCOCCCN=C=S)O[C@@H]2COC(C)=O)[C@H](OC(C)=O)[C@@H](OC(C)=O)[C@H]1OC(C)=O. The first-order chi connectivity index (χ1) is 25.5. The highest BCUT2D eigenvalue weighted by atomic mass is 32.2. The van der Waals surface area contributed by atoms with E-state index in [0.717, 1.165) is 48.5 Å². The summed E-state index contributed by atoms with van der Waals surface area (Å²) in [6.45, 7) is 7.94. The van der Waals surface area contributed by atoms with Gasteiger partial charge in [-0.3, -0.25) is 33.6 Å². The van der Waals surface area contributed by atoms with Gasteiger partial charge in [0.1, 0.15) is 37.0 Å². The van der Waals surface area contributed by atoms with Crippen molar-refractivity contribution in [3.63, 3.8) is 0 Å². The van der Waals surface area contributed by atoms with Gasteiger partial charge in [0.2, 0.25) is 0 Å². The first-order valence-corrected chi connectivity index (χ1v) is 18.3. The fourth-order valence-corrected chi connectivity index (χ4v) is 6.59. The van der Waals surface area contributed by atoms with Crippen molar-refractivity contribution >= 4 is 70.9 Å². The quantitative estimate of drug-likeness (QED) is 0.0553.